The van der Waals surface area contributed by atoms with Gasteiger partial charge in [0.25, 0.3) is 0 Å². The van der Waals surface area contributed by atoms with Crippen LogP contribution in [0.1, 0.15) is 37.6 Å². The molecular formula is C22H26N4O4S. The van der Waals surface area contributed by atoms with Crippen LogP contribution in [0.2, 0.25) is 0 Å². The van der Waals surface area contributed by atoms with Gasteiger partial charge in [-0.15, -0.1) is 10.2 Å². The zero-order valence-electron chi connectivity index (χ0n) is 17.6. The molecule has 0 unspecified atom stereocenters. The Kier molecular flexibility index (Phi) is 7.54. The Bertz CT molecular complexity index is 1120. The summed E-state index contributed by atoms with van der Waals surface area (Å²) in [5.74, 6) is 0.495. The van der Waals surface area contributed by atoms with Gasteiger partial charge < -0.3 is 9.73 Å². The molecule has 0 saturated heterocycles. The first-order valence-electron chi connectivity index (χ1n) is 10.2. The molecule has 164 valence electrons. The third-order valence-corrected chi connectivity index (χ3v) is 6.04. The lowest BCUT2D eigenvalue weighted by Crippen LogP contribution is -2.24. The van der Waals surface area contributed by atoms with Crippen LogP contribution in [-0.2, 0) is 21.2 Å². The van der Waals surface area contributed by atoms with E-state index in [0.717, 1.165) is 24.0 Å². The molecule has 0 saturated carbocycles. The van der Waals surface area contributed by atoms with Crippen LogP contribution in [0.4, 0.5) is 5.69 Å². The van der Waals surface area contributed by atoms with Crippen molar-refractivity contribution in [1.82, 2.24) is 14.9 Å². The summed E-state index contributed by atoms with van der Waals surface area (Å²) in [5.41, 5.74) is 2.36. The first kappa shape index (κ1) is 22.6. The van der Waals surface area contributed by atoms with E-state index in [9.17, 15) is 13.2 Å². The van der Waals surface area contributed by atoms with Gasteiger partial charge in [0, 0.05) is 30.6 Å². The molecule has 2 aromatic carbocycles. The highest BCUT2D eigenvalue weighted by Crippen LogP contribution is 2.19. The minimum Gasteiger partial charge on any atom is -0.421 e. The quantitative estimate of drug-likeness (QED) is 0.463. The first-order chi connectivity index (χ1) is 14.9. The highest BCUT2D eigenvalue weighted by atomic mass is 32.2. The Morgan fingerprint density at radius 1 is 1.10 bits per heavy atom. The zero-order valence-corrected chi connectivity index (χ0v) is 18.4. The molecule has 0 aliphatic heterocycles. The molecule has 0 atom stereocenters. The smallest absolute Gasteiger partial charge is 0.247 e. The van der Waals surface area contributed by atoms with Crippen molar-refractivity contribution in [3.8, 4) is 11.5 Å². The Morgan fingerprint density at radius 2 is 1.87 bits per heavy atom. The van der Waals surface area contributed by atoms with Crippen LogP contribution in [0, 0.1) is 6.92 Å². The third-order valence-electron chi connectivity index (χ3n) is 4.58. The summed E-state index contributed by atoms with van der Waals surface area (Å²) in [7, 11) is -3.61. The van der Waals surface area contributed by atoms with Crippen molar-refractivity contribution >= 4 is 21.6 Å². The van der Waals surface area contributed by atoms with Crippen molar-refractivity contribution in [3.05, 3.63) is 60.0 Å². The maximum Gasteiger partial charge on any atom is 0.247 e. The van der Waals surface area contributed by atoms with E-state index >= 15 is 0 Å². The number of anilines is 1. The van der Waals surface area contributed by atoms with Crippen LogP contribution >= 0.6 is 0 Å². The van der Waals surface area contributed by atoms with Crippen LogP contribution in [0.3, 0.4) is 0 Å². The number of aromatic nitrogens is 2. The number of hydrogen-bond acceptors (Lipinski definition) is 6. The Balaban J connectivity index is 1.56. The molecule has 3 aromatic rings. The second kappa shape index (κ2) is 10.3. The van der Waals surface area contributed by atoms with Crippen molar-refractivity contribution in [2.75, 3.05) is 11.9 Å². The normalized spacial score (nSPS) is 11.4. The van der Waals surface area contributed by atoms with Gasteiger partial charge in [-0.3, -0.25) is 4.79 Å². The Labute approximate surface area is 182 Å². The van der Waals surface area contributed by atoms with Gasteiger partial charge in [0.2, 0.25) is 27.7 Å². The predicted molar refractivity (Wildman–Crippen MR) is 118 cm³/mol. The SMILES string of the molecule is CCCCNS(=O)(=O)c1cccc(NC(=O)CCc2nnc(-c3ccc(C)cc3)o2)c1. The summed E-state index contributed by atoms with van der Waals surface area (Å²) in [6.07, 6.45) is 2.06. The second-order valence-electron chi connectivity index (χ2n) is 7.19. The fourth-order valence-electron chi connectivity index (χ4n) is 2.82. The van der Waals surface area contributed by atoms with Gasteiger partial charge in [0.1, 0.15) is 0 Å². The van der Waals surface area contributed by atoms with Crippen molar-refractivity contribution in [2.45, 2.75) is 44.4 Å². The minimum atomic E-state index is -3.61. The van der Waals surface area contributed by atoms with E-state index in [2.05, 4.69) is 20.2 Å². The molecule has 8 nitrogen and oxygen atoms in total. The van der Waals surface area contributed by atoms with E-state index < -0.39 is 10.0 Å². The molecule has 0 aliphatic carbocycles. The van der Waals surface area contributed by atoms with Gasteiger partial charge in [-0.2, -0.15) is 0 Å². The van der Waals surface area contributed by atoms with Gasteiger partial charge in [0.15, 0.2) is 0 Å². The highest BCUT2D eigenvalue weighted by Gasteiger charge is 2.15. The number of rotatable bonds is 10. The molecular weight excluding hydrogens is 416 g/mol. The van der Waals surface area contributed by atoms with E-state index in [1.165, 1.54) is 12.1 Å². The van der Waals surface area contributed by atoms with Crippen LogP contribution in [-0.4, -0.2) is 31.1 Å². The van der Waals surface area contributed by atoms with E-state index in [1.54, 1.807) is 12.1 Å². The van der Waals surface area contributed by atoms with Crippen molar-refractivity contribution < 1.29 is 17.6 Å². The number of amides is 1. The monoisotopic (exact) mass is 442 g/mol. The van der Waals surface area contributed by atoms with Crippen molar-refractivity contribution in [1.29, 1.82) is 0 Å². The van der Waals surface area contributed by atoms with Crippen LogP contribution < -0.4 is 10.0 Å². The topological polar surface area (TPSA) is 114 Å². The maximum absolute atomic E-state index is 12.3. The van der Waals surface area contributed by atoms with Crippen LogP contribution in [0.5, 0.6) is 0 Å². The molecule has 0 fully saturated rings. The zero-order chi connectivity index (χ0) is 22.3. The highest BCUT2D eigenvalue weighted by molar-refractivity contribution is 7.89. The Morgan fingerprint density at radius 3 is 2.61 bits per heavy atom. The summed E-state index contributed by atoms with van der Waals surface area (Å²) in [6.45, 7) is 4.36. The van der Waals surface area contributed by atoms with Gasteiger partial charge in [-0.25, -0.2) is 13.1 Å². The van der Waals surface area contributed by atoms with Crippen molar-refractivity contribution in [3.63, 3.8) is 0 Å². The molecule has 0 bridgehead atoms. The van der Waals surface area contributed by atoms with E-state index in [-0.39, 0.29) is 23.6 Å². The number of carbonyl (C=O) groups is 1. The Hall–Kier alpha value is -3.04. The minimum absolute atomic E-state index is 0.112. The van der Waals surface area contributed by atoms with E-state index in [4.69, 9.17) is 4.42 Å². The molecule has 0 spiro atoms. The van der Waals surface area contributed by atoms with E-state index in [1.807, 2.05) is 38.1 Å². The second-order valence-corrected chi connectivity index (χ2v) is 8.96. The van der Waals surface area contributed by atoms with Crippen molar-refractivity contribution in [2.24, 2.45) is 0 Å². The number of benzene rings is 2. The largest absolute Gasteiger partial charge is 0.421 e. The number of nitrogens with zero attached hydrogens (tertiary/aromatic N) is 2. The number of aryl methyl sites for hydroxylation is 2. The maximum atomic E-state index is 12.3. The van der Waals surface area contributed by atoms with Crippen LogP contribution in [0.25, 0.3) is 11.5 Å². The summed E-state index contributed by atoms with van der Waals surface area (Å²) in [5, 5.41) is 10.7. The lowest BCUT2D eigenvalue weighted by atomic mass is 10.1. The summed E-state index contributed by atoms with van der Waals surface area (Å²) < 4.78 is 32.9. The van der Waals surface area contributed by atoms with E-state index in [0.29, 0.717) is 24.0 Å². The number of sulfonamides is 1. The molecule has 1 amide bonds. The van der Waals surface area contributed by atoms with Gasteiger partial charge in [-0.1, -0.05) is 37.1 Å². The fourth-order valence-corrected chi connectivity index (χ4v) is 3.94. The summed E-state index contributed by atoms with van der Waals surface area (Å²) >= 11 is 0. The number of nitrogens with one attached hydrogen (secondary N) is 2. The number of unbranched alkanes of at least 4 members (excludes halogenated alkanes) is 1. The molecule has 2 N–H and O–H groups in total. The lowest BCUT2D eigenvalue weighted by molar-refractivity contribution is -0.116. The first-order valence-corrected chi connectivity index (χ1v) is 11.6. The van der Waals surface area contributed by atoms with Gasteiger partial charge in [0.05, 0.1) is 4.90 Å². The number of hydrogen-bond donors (Lipinski definition) is 2. The average molecular weight is 443 g/mol. The average Bonchev–Trinajstić information content (AvgIpc) is 3.22. The lowest BCUT2D eigenvalue weighted by Gasteiger charge is -2.09. The van der Waals surface area contributed by atoms with Gasteiger partial charge in [-0.05, 0) is 43.7 Å². The number of carbonyl (C=O) groups excluding carboxylic acids is 1. The molecule has 31 heavy (non-hydrogen) atoms. The van der Waals surface area contributed by atoms with Crippen LogP contribution in [0.15, 0.2) is 57.8 Å². The predicted octanol–water partition coefficient (Wildman–Crippen LogP) is 3.69. The fraction of sp³-hybridized carbons (Fsp3) is 0.318. The molecule has 9 heteroatoms. The molecule has 1 aromatic heterocycles. The third kappa shape index (κ3) is 6.47. The molecule has 3 rings (SSSR count). The summed E-state index contributed by atoms with van der Waals surface area (Å²) in [4.78, 5) is 12.4. The molecule has 0 radical (unpaired) electrons. The molecule has 0 aliphatic rings. The van der Waals surface area contributed by atoms with Gasteiger partial charge >= 0.3 is 0 Å². The molecule has 1 heterocycles. The summed E-state index contributed by atoms with van der Waals surface area (Å²) in [6, 6.07) is 13.9. The standard InChI is InChI=1S/C22H26N4O4S/c1-3-4-14-23-31(28,29)19-7-5-6-18(15-19)24-20(27)12-13-21-25-26-22(30-21)17-10-8-16(2)9-11-17/h5-11,15,23H,3-4,12-14H2,1-2H3,(H,24,27).